The maximum atomic E-state index is 5.32. The number of morpholine rings is 1. The molecule has 1 aliphatic heterocycles. The normalized spacial score (nSPS) is 15.7. The number of anilines is 1. The van der Waals surface area contributed by atoms with Gasteiger partial charge in [0.1, 0.15) is 0 Å². The van der Waals surface area contributed by atoms with Gasteiger partial charge >= 0.3 is 0 Å². The Morgan fingerprint density at radius 1 is 0.889 bits per heavy atom. The van der Waals surface area contributed by atoms with Gasteiger partial charge in [0.25, 0.3) is 0 Å². The predicted octanol–water partition coefficient (Wildman–Crippen LogP) is 1.98. The average Bonchev–Trinajstić information content (AvgIpc) is 2.49. The van der Waals surface area contributed by atoms with Crippen molar-refractivity contribution in [3.05, 3.63) is 42.7 Å². The Morgan fingerprint density at radius 3 is 2.22 bits per heavy atom. The van der Waals surface area contributed by atoms with Crippen molar-refractivity contribution in [2.75, 3.05) is 31.2 Å². The van der Waals surface area contributed by atoms with Crippen molar-refractivity contribution in [1.82, 2.24) is 9.97 Å². The number of benzene rings is 1. The average molecular weight is 241 g/mol. The van der Waals surface area contributed by atoms with E-state index in [1.54, 1.807) is 0 Å². The molecule has 1 aliphatic rings. The summed E-state index contributed by atoms with van der Waals surface area (Å²) in [5.41, 5.74) is 2.19. The highest BCUT2D eigenvalue weighted by molar-refractivity contribution is 5.61. The van der Waals surface area contributed by atoms with Crippen LogP contribution < -0.4 is 4.90 Å². The Morgan fingerprint density at radius 2 is 1.56 bits per heavy atom. The first-order chi connectivity index (χ1) is 8.93. The smallest absolute Gasteiger partial charge is 0.225 e. The Hall–Kier alpha value is -1.94. The number of rotatable bonds is 2. The van der Waals surface area contributed by atoms with Gasteiger partial charge in [-0.2, -0.15) is 0 Å². The molecule has 1 aromatic carbocycles. The fourth-order valence-corrected chi connectivity index (χ4v) is 2.03. The van der Waals surface area contributed by atoms with Crippen molar-refractivity contribution in [2.45, 2.75) is 0 Å². The lowest BCUT2D eigenvalue weighted by molar-refractivity contribution is 0.122. The van der Waals surface area contributed by atoms with Crippen molar-refractivity contribution in [2.24, 2.45) is 0 Å². The lowest BCUT2D eigenvalue weighted by Crippen LogP contribution is -2.37. The molecule has 18 heavy (non-hydrogen) atoms. The third kappa shape index (κ3) is 2.33. The molecule has 1 saturated heterocycles. The summed E-state index contributed by atoms with van der Waals surface area (Å²) in [5.74, 6) is 0.790. The first-order valence-electron chi connectivity index (χ1n) is 6.14. The van der Waals surface area contributed by atoms with Crippen LogP contribution in [-0.4, -0.2) is 36.3 Å². The van der Waals surface area contributed by atoms with Crippen molar-refractivity contribution in [3.63, 3.8) is 0 Å². The van der Waals surface area contributed by atoms with E-state index in [0.717, 1.165) is 43.4 Å². The van der Waals surface area contributed by atoms with Crippen molar-refractivity contribution >= 4 is 5.95 Å². The monoisotopic (exact) mass is 241 g/mol. The first kappa shape index (κ1) is 11.2. The molecular formula is C14H15N3O. The van der Waals surface area contributed by atoms with E-state index in [2.05, 4.69) is 27.0 Å². The van der Waals surface area contributed by atoms with E-state index in [1.807, 2.05) is 30.6 Å². The Kier molecular flexibility index (Phi) is 3.19. The van der Waals surface area contributed by atoms with Gasteiger partial charge in [0.15, 0.2) is 0 Å². The number of ether oxygens (including phenoxy) is 1. The van der Waals surface area contributed by atoms with Gasteiger partial charge in [0.05, 0.1) is 13.2 Å². The van der Waals surface area contributed by atoms with Gasteiger partial charge in [-0.25, -0.2) is 9.97 Å². The van der Waals surface area contributed by atoms with Crippen molar-refractivity contribution < 1.29 is 4.74 Å². The minimum Gasteiger partial charge on any atom is -0.378 e. The minimum atomic E-state index is 0.754. The molecule has 0 unspecified atom stereocenters. The van der Waals surface area contributed by atoms with Crippen LogP contribution in [0.15, 0.2) is 42.7 Å². The molecular weight excluding hydrogens is 226 g/mol. The summed E-state index contributed by atoms with van der Waals surface area (Å²) in [7, 11) is 0. The van der Waals surface area contributed by atoms with Gasteiger partial charge in [-0.15, -0.1) is 0 Å². The molecule has 0 radical (unpaired) electrons. The van der Waals surface area contributed by atoms with E-state index < -0.39 is 0 Å². The molecule has 0 aliphatic carbocycles. The van der Waals surface area contributed by atoms with E-state index in [9.17, 15) is 0 Å². The molecule has 3 rings (SSSR count). The minimum absolute atomic E-state index is 0.754. The lowest BCUT2D eigenvalue weighted by Gasteiger charge is -2.26. The molecule has 0 spiro atoms. The van der Waals surface area contributed by atoms with Crippen LogP contribution >= 0.6 is 0 Å². The van der Waals surface area contributed by atoms with Crippen molar-refractivity contribution in [1.29, 1.82) is 0 Å². The quantitative estimate of drug-likeness (QED) is 0.806. The van der Waals surface area contributed by atoms with Gasteiger partial charge in [-0.1, -0.05) is 30.3 Å². The lowest BCUT2D eigenvalue weighted by atomic mass is 10.1. The Balaban J connectivity index is 1.80. The highest BCUT2D eigenvalue weighted by Crippen LogP contribution is 2.18. The van der Waals surface area contributed by atoms with Gasteiger partial charge < -0.3 is 9.64 Å². The largest absolute Gasteiger partial charge is 0.378 e. The summed E-state index contributed by atoms with van der Waals surface area (Å²) in [6, 6.07) is 10.2. The Bertz CT molecular complexity index is 492. The van der Waals surface area contributed by atoms with Crippen LogP contribution in [-0.2, 0) is 4.74 Å². The zero-order valence-electron chi connectivity index (χ0n) is 10.1. The summed E-state index contributed by atoms with van der Waals surface area (Å²) in [4.78, 5) is 11.0. The topological polar surface area (TPSA) is 38.2 Å². The second-order valence-electron chi connectivity index (χ2n) is 4.24. The van der Waals surface area contributed by atoms with E-state index >= 15 is 0 Å². The number of hydrogen-bond acceptors (Lipinski definition) is 4. The molecule has 0 bridgehead atoms. The van der Waals surface area contributed by atoms with Crippen molar-refractivity contribution in [3.8, 4) is 11.1 Å². The molecule has 0 N–H and O–H groups in total. The fraction of sp³-hybridized carbons (Fsp3) is 0.286. The van der Waals surface area contributed by atoms with Gasteiger partial charge in [0, 0.05) is 31.0 Å². The molecule has 0 atom stereocenters. The highest BCUT2D eigenvalue weighted by atomic mass is 16.5. The molecule has 4 heteroatoms. The van der Waals surface area contributed by atoms with E-state index in [4.69, 9.17) is 4.74 Å². The highest BCUT2D eigenvalue weighted by Gasteiger charge is 2.13. The molecule has 92 valence electrons. The summed E-state index contributed by atoms with van der Waals surface area (Å²) >= 11 is 0. The van der Waals surface area contributed by atoms with E-state index in [-0.39, 0.29) is 0 Å². The third-order valence-electron chi connectivity index (χ3n) is 3.04. The molecule has 2 aromatic rings. The molecule has 0 amide bonds. The van der Waals surface area contributed by atoms with E-state index in [0.29, 0.717) is 0 Å². The predicted molar refractivity (Wildman–Crippen MR) is 70.5 cm³/mol. The molecule has 0 saturated carbocycles. The molecule has 1 fully saturated rings. The second-order valence-corrected chi connectivity index (χ2v) is 4.24. The third-order valence-corrected chi connectivity index (χ3v) is 3.04. The first-order valence-corrected chi connectivity index (χ1v) is 6.14. The van der Waals surface area contributed by atoms with Crippen LogP contribution in [0.25, 0.3) is 11.1 Å². The summed E-state index contributed by atoms with van der Waals surface area (Å²) < 4.78 is 5.32. The second kappa shape index (κ2) is 5.14. The molecule has 2 heterocycles. The van der Waals surface area contributed by atoms with Crippen LogP contribution in [0.1, 0.15) is 0 Å². The van der Waals surface area contributed by atoms with Gasteiger partial charge in [-0.3, -0.25) is 0 Å². The molecule has 4 nitrogen and oxygen atoms in total. The fourth-order valence-electron chi connectivity index (χ4n) is 2.03. The maximum Gasteiger partial charge on any atom is 0.225 e. The van der Waals surface area contributed by atoms with Crippen LogP contribution in [0.5, 0.6) is 0 Å². The van der Waals surface area contributed by atoms with Crippen LogP contribution in [0, 0.1) is 0 Å². The van der Waals surface area contributed by atoms with Crippen LogP contribution in [0.2, 0.25) is 0 Å². The van der Waals surface area contributed by atoms with E-state index in [1.165, 1.54) is 0 Å². The summed E-state index contributed by atoms with van der Waals surface area (Å²) in [6.07, 6.45) is 3.76. The van der Waals surface area contributed by atoms with Gasteiger partial charge in [0.2, 0.25) is 5.95 Å². The summed E-state index contributed by atoms with van der Waals surface area (Å²) in [5, 5.41) is 0. The number of hydrogen-bond donors (Lipinski definition) is 0. The van der Waals surface area contributed by atoms with Crippen LogP contribution in [0.3, 0.4) is 0 Å². The zero-order chi connectivity index (χ0) is 12.2. The zero-order valence-corrected chi connectivity index (χ0v) is 10.1. The Labute approximate surface area is 106 Å². The standard InChI is InChI=1S/C14H15N3O/c1-2-4-12(5-3-1)13-10-15-14(16-11-13)17-6-8-18-9-7-17/h1-5,10-11H,6-9H2. The SMILES string of the molecule is c1ccc(-c2cnc(N3CCOCC3)nc2)cc1. The number of nitrogens with zero attached hydrogens (tertiary/aromatic N) is 3. The van der Waals surface area contributed by atoms with Crippen LogP contribution in [0.4, 0.5) is 5.95 Å². The molecule has 1 aromatic heterocycles. The maximum absolute atomic E-state index is 5.32. The van der Waals surface area contributed by atoms with Gasteiger partial charge in [-0.05, 0) is 5.56 Å². The number of aromatic nitrogens is 2. The summed E-state index contributed by atoms with van der Waals surface area (Å²) in [6.45, 7) is 3.24.